The summed E-state index contributed by atoms with van der Waals surface area (Å²) in [5.74, 6) is 4.34. The fourth-order valence-corrected chi connectivity index (χ4v) is 4.43. The lowest BCUT2D eigenvalue weighted by Gasteiger charge is -2.44. The Labute approximate surface area is 102 Å². The number of fused-ring (bicyclic) bond motifs is 1. The van der Waals surface area contributed by atoms with E-state index in [1.165, 1.54) is 38.5 Å². The van der Waals surface area contributed by atoms with Crippen molar-refractivity contribution in [1.82, 2.24) is 0 Å². The molecule has 0 aliphatic heterocycles. The molecule has 2 fully saturated rings. The summed E-state index contributed by atoms with van der Waals surface area (Å²) < 4.78 is 0. The lowest BCUT2D eigenvalue weighted by Crippen LogP contribution is -2.34. The van der Waals surface area contributed by atoms with Crippen LogP contribution in [0.5, 0.6) is 0 Å². The predicted octanol–water partition coefficient (Wildman–Crippen LogP) is 5.42. The zero-order valence-corrected chi connectivity index (χ0v) is 11.4. The normalized spacial score (nSPS) is 36.8. The molecule has 2 rings (SSSR count). The van der Waals surface area contributed by atoms with Crippen LogP contribution in [0.1, 0.15) is 78.1 Å². The van der Waals surface area contributed by atoms with E-state index in [9.17, 15) is 0 Å². The van der Waals surface area contributed by atoms with Crippen LogP contribution in [0.4, 0.5) is 0 Å². The molecule has 0 nitrogen and oxygen atoms in total. The SMILES string of the molecule is CCCCC(C)C1CCCC2CCCCC21. The highest BCUT2D eigenvalue weighted by atomic mass is 14.4. The van der Waals surface area contributed by atoms with E-state index in [-0.39, 0.29) is 0 Å². The molecule has 4 unspecified atom stereocenters. The molecule has 0 aromatic heterocycles. The Morgan fingerprint density at radius 1 is 1.00 bits per heavy atom. The number of hydrogen-bond acceptors (Lipinski definition) is 0. The van der Waals surface area contributed by atoms with Gasteiger partial charge < -0.3 is 0 Å². The van der Waals surface area contributed by atoms with E-state index in [1.807, 2.05) is 0 Å². The van der Waals surface area contributed by atoms with Crippen molar-refractivity contribution in [2.75, 3.05) is 0 Å². The van der Waals surface area contributed by atoms with Crippen molar-refractivity contribution in [3.8, 4) is 0 Å². The average molecular weight is 222 g/mol. The summed E-state index contributed by atoms with van der Waals surface area (Å²) >= 11 is 0. The van der Waals surface area contributed by atoms with Crippen molar-refractivity contribution in [2.24, 2.45) is 23.7 Å². The maximum absolute atomic E-state index is 2.54. The van der Waals surface area contributed by atoms with Crippen molar-refractivity contribution in [3.05, 3.63) is 0 Å². The molecule has 2 aliphatic carbocycles. The minimum atomic E-state index is 1.01. The van der Waals surface area contributed by atoms with Gasteiger partial charge in [-0.1, -0.05) is 65.2 Å². The first-order valence-corrected chi connectivity index (χ1v) is 7.83. The maximum Gasteiger partial charge on any atom is -0.0355 e. The van der Waals surface area contributed by atoms with Gasteiger partial charge in [0.25, 0.3) is 0 Å². The fourth-order valence-electron chi connectivity index (χ4n) is 4.43. The largest absolute Gasteiger partial charge is 0.0654 e. The van der Waals surface area contributed by atoms with Gasteiger partial charge in [0, 0.05) is 0 Å². The minimum Gasteiger partial charge on any atom is -0.0654 e. The van der Waals surface area contributed by atoms with Crippen molar-refractivity contribution < 1.29 is 0 Å². The molecule has 16 heavy (non-hydrogen) atoms. The van der Waals surface area contributed by atoms with Crippen LogP contribution in [0.3, 0.4) is 0 Å². The zero-order valence-electron chi connectivity index (χ0n) is 11.4. The molecular formula is C16H30. The van der Waals surface area contributed by atoms with Crippen LogP contribution in [-0.2, 0) is 0 Å². The third kappa shape index (κ3) is 2.81. The van der Waals surface area contributed by atoms with E-state index in [0.717, 1.165) is 23.7 Å². The number of hydrogen-bond donors (Lipinski definition) is 0. The first-order chi connectivity index (χ1) is 7.83. The third-order valence-electron chi connectivity index (χ3n) is 5.37. The molecule has 4 atom stereocenters. The summed E-state index contributed by atoms with van der Waals surface area (Å²) in [6.45, 7) is 4.87. The van der Waals surface area contributed by atoms with Crippen LogP contribution in [0.15, 0.2) is 0 Å². The van der Waals surface area contributed by atoms with E-state index in [0.29, 0.717) is 0 Å². The second-order valence-electron chi connectivity index (χ2n) is 6.42. The van der Waals surface area contributed by atoms with E-state index < -0.39 is 0 Å². The standard InChI is InChI=1S/C16H30/c1-3-4-8-13(2)15-12-7-10-14-9-5-6-11-16(14)15/h13-16H,3-12H2,1-2H3. The summed E-state index contributed by atoms with van der Waals surface area (Å²) in [5.41, 5.74) is 0. The molecule has 0 radical (unpaired) electrons. The minimum absolute atomic E-state index is 1.01. The lowest BCUT2D eigenvalue weighted by molar-refractivity contribution is 0.0658. The molecule has 0 heterocycles. The molecule has 0 saturated heterocycles. The Morgan fingerprint density at radius 3 is 2.56 bits per heavy atom. The summed E-state index contributed by atoms with van der Waals surface area (Å²) in [5, 5.41) is 0. The van der Waals surface area contributed by atoms with Crippen molar-refractivity contribution >= 4 is 0 Å². The van der Waals surface area contributed by atoms with Crippen LogP contribution >= 0.6 is 0 Å². The van der Waals surface area contributed by atoms with Crippen LogP contribution in [0.2, 0.25) is 0 Å². The Kier molecular flexibility index (Phi) is 4.73. The van der Waals surface area contributed by atoms with Gasteiger partial charge in [0.15, 0.2) is 0 Å². The van der Waals surface area contributed by atoms with Crippen molar-refractivity contribution in [3.63, 3.8) is 0 Å². The topological polar surface area (TPSA) is 0 Å². The summed E-state index contributed by atoms with van der Waals surface area (Å²) in [4.78, 5) is 0. The van der Waals surface area contributed by atoms with Crippen molar-refractivity contribution in [1.29, 1.82) is 0 Å². The zero-order chi connectivity index (χ0) is 11.4. The number of rotatable bonds is 4. The Morgan fingerprint density at radius 2 is 1.75 bits per heavy atom. The first-order valence-electron chi connectivity index (χ1n) is 7.83. The Bertz CT molecular complexity index is 194. The second kappa shape index (κ2) is 6.07. The van der Waals surface area contributed by atoms with Gasteiger partial charge >= 0.3 is 0 Å². The molecule has 0 aromatic rings. The molecule has 2 saturated carbocycles. The van der Waals surface area contributed by atoms with Gasteiger partial charge in [0.05, 0.1) is 0 Å². The molecule has 0 spiro atoms. The highest BCUT2D eigenvalue weighted by Gasteiger charge is 2.36. The molecule has 0 bridgehead atoms. The fraction of sp³-hybridized carbons (Fsp3) is 1.00. The molecule has 0 aromatic carbocycles. The van der Waals surface area contributed by atoms with E-state index >= 15 is 0 Å². The first kappa shape index (κ1) is 12.5. The van der Waals surface area contributed by atoms with Crippen LogP contribution < -0.4 is 0 Å². The van der Waals surface area contributed by atoms with Gasteiger partial charge in [-0.2, -0.15) is 0 Å². The van der Waals surface area contributed by atoms with Gasteiger partial charge in [-0.3, -0.25) is 0 Å². The van der Waals surface area contributed by atoms with Crippen LogP contribution in [-0.4, -0.2) is 0 Å². The highest BCUT2D eigenvalue weighted by Crippen LogP contribution is 2.47. The third-order valence-corrected chi connectivity index (χ3v) is 5.37. The summed E-state index contributed by atoms with van der Waals surface area (Å²) in [6, 6.07) is 0. The van der Waals surface area contributed by atoms with Gasteiger partial charge in [-0.05, 0) is 36.5 Å². The van der Waals surface area contributed by atoms with Gasteiger partial charge in [-0.15, -0.1) is 0 Å². The Balaban J connectivity index is 1.91. The van der Waals surface area contributed by atoms with Crippen molar-refractivity contribution in [2.45, 2.75) is 78.1 Å². The molecule has 0 amide bonds. The molecular weight excluding hydrogens is 192 g/mol. The van der Waals surface area contributed by atoms with Crippen LogP contribution in [0.25, 0.3) is 0 Å². The van der Waals surface area contributed by atoms with Gasteiger partial charge in [-0.25, -0.2) is 0 Å². The smallest absolute Gasteiger partial charge is 0.0355 e. The van der Waals surface area contributed by atoms with E-state index in [1.54, 1.807) is 25.7 Å². The lowest BCUT2D eigenvalue weighted by atomic mass is 9.62. The monoisotopic (exact) mass is 222 g/mol. The predicted molar refractivity (Wildman–Crippen MR) is 71.5 cm³/mol. The Hall–Kier alpha value is 0. The molecule has 94 valence electrons. The molecule has 0 N–H and O–H groups in total. The molecule has 2 aliphatic rings. The molecule has 0 heteroatoms. The average Bonchev–Trinajstić information content (AvgIpc) is 2.35. The summed E-state index contributed by atoms with van der Waals surface area (Å²) in [6.07, 6.45) is 15.1. The quantitative estimate of drug-likeness (QED) is 0.596. The maximum atomic E-state index is 2.54. The second-order valence-corrected chi connectivity index (χ2v) is 6.42. The van der Waals surface area contributed by atoms with Crippen LogP contribution in [0, 0.1) is 23.7 Å². The van der Waals surface area contributed by atoms with Gasteiger partial charge in [0.2, 0.25) is 0 Å². The van der Waals surface area contributed by atoms with Gasteiger partial charge in [0.1, 0.15) is 0 Å². The highest BCUT2D eigenvalue weighted by molar-refractivity contribution is 4.87. The number of unbranched alkanes of at least 4 members (excludes halogenated alkanes) is 1. The summed E-state index contributed by atoms with van der Waals surface area (Å²) in [7, 11) is 0. The van der Waals surface area contributed by atoms with E-state index in [4.69, 9.17) is 0 Å². The van der Waals surface area contributed by atoms with E-state index in [2.05, 4.69) is 13.8 Å².